The Kier molecular flexibility index (Phi) is 5.20. The molecule has 5 nitrogen and oxygen atoms in total. The number of hydrogen-bond donors (Lipinski definition) is 3. The lowest BCUT2D eigenvalue weighted by molar-refractivity contribution is -0.139. The molecule has 0 radical (unpaired) electrons. The summed E-state index contributed by atoms with van der Waals surface area (Å²) in [5.74, 6) is 0.211. The van der Waals surface area contributed by atoms with Crippen LogP contribution in [0.25, 0.3) is 0 Å². The maximum Gasteiger partial charge on any atom is 0.326 e. The van der Waals surface area contributed by atoms with Gasteiger partial charge in [-0.05, 0) is 36.7 Å². The number of amides is 2. The van der Waals surface area contributed by atoms with E-state index in [4.69, 9.17) is 0 Å². The molecule has 2 unspecified atom stereocenters. The second-order valence-corrected chi connectivity index (χ2v) is 5.74. The highest BCUT2D eigenvalue weighted by atomic mass is 16.4. The minimum atomic E-state index is -0.999. The Morgan fingerprint density at radius 1 is 1.33 bits per heavy atom. The van der Waals surface area contributed by atoms with Crippen molar-refractivity contribution in [2.75, 3.05) is 6.54 Å². The molecule has 0 saturated heterocycles. The summed E-state index contributed by atoms with van der Waals surface area (Å²) in [5.41, 5.74) is 1.07. The molecule has 1 aliphatic carbocycles. The van der Waals surface area contributed by atoms with E-state index in [-0.39, 0.29) is 0 Å². The van der Waals surface area contributed by atoms with Gasteiger partial charge in [-0.3, -0.25) is 0 Å². The van der Waals surface area contributed by atoms with E-state index in [0.717, 1.165) is 12.0 Å². The number of aliphatic carboxylic acids is 1. The molecule has 3 atom stereocenters. The van der Waals surface area contributed by atoms with Crippen molar-refractivity contribution in [3.05, 3.63) is 35.9 Å². The molecule has 2 rings (SSSR count). The monoisotopic (exact) mass is 290 g/mol. The van der Waals surface area contributed by atoms with Gasteiger partial charge >= 0.3 is 12.0 Å². The van der Waals surface area contributed by atoms with Crippen molar-refractivity contribution in [1.29, 1.82) is 0 Å². The van der Waals surface area contributed by atoms with Crippen LogP contribution in [-0.2, 0) is 11.2 Å². The zero-order valence-corrected chi connectivity index (χ0v) is 12.2. The van der Waals surface area contributed by atoms with Crippen LogP contribution in [-0.4, -0.2) is 29.7 Å². The van der Waals surface area contributed by atoms with E-state index in [1.807, 2.05) is 30.3 Å². The van der Waals surface area contributed by atoms with Gasteiger partial charge in [0.15, 0.2) is 0 Å². The zero-order chi connectivity index (χ0) is 15.2. The van der Waals surface area contributed by atoms with Crippen molar-refractivity contribution < 1.29 is 14.7 Å². The van der Waals surface area contributed by atoms with E-state index in [0.29, 0.717) is 31.2 Å². The molecule has 0 aromatic heterocycles. The summed E-state index contributed by atoms with van der Waals surface area (Å²) >= 11 is 0. The Labute approximate surface area is 124 Å². The predicted molar refractivity (Wildman–Crippen MR) is 80.0 cm³/mol. The molecule has 2 amide bonds. The molecule has 0 bridgehead atoms. The number of carboxylic acids is 1. The van der Waals surface area contributed by atoms with E-state index in [1.54, 1.807) is 0 Å². The van der Waals surface area contributed by atoms with Gasteiger partial charge in [-0.15, -0.1) is 0 Å². The van der Waals surface area contributed by atoms with Crippen LogP contribution in [0.1, 0.15) is 25.3 Å². The zero-order valence-electron chi connectivity index (χ0n) is 12.2. The van der Waals surface area contributed by atoms with Crippen molar-refractivity contribution in [1.82, 2.24) is 10.6 Å². The summed E-state index contributed by atoms with van der Waals surface area (Å²) in [5, 5.41) is 14.5. The fourth-order valence-corrected chi connectivity index (χ4v) is 2.33. The first kappa shape index (κ1) is 15.4. The molecule has 1 fully saturated rings. The maximum absolute atomic E-state index is 11.7. The number of carbonyl (C=O) groups excluding carboxylic acids is 1. The van der Waals surface area contributed by atoms with Crippen LogP contribution in [0.15, 0.2) is 30.3 Å². The smallest absolute Gasteiger partial charge is 0.326 e. The van der Waals surface area contributed by atoms with Gasteiger partial charge in [0.25, 0.3) is 0 Å². The van der Waals surface area contributed by atoms with Crippen LogP contribution in [0, 0.1) is 11.8 Å². The predicted octanol–water partition coefficient (Wildman–Crippen LogP) is 2.03. The van der Waals surface area contributed by atoms with Crippen LogP contribution in [0.2, 0.25) is 0 Å². The molecule has 21 heavy (non-hydrogen) atoms. The third kappa shape index (κ3) is 5.10. The number of carbonyl (C=O) groups is 2. The van der Waals surface area contributed by atoms with Crippen molar-refractivity contribution in [2.45, 2.75) is 32.2 Å². The number of hydrogen-bond acceptors (Lipinski definition) is 2. The average molecular weight is 290 g/mol. The highest BCUT2D eigenvalue weighted by molar-refractivity contribution is 5.82. The van der Waals surface area contributed by atoms with Crippen LogP contribution in [0.5, 0.6) is 0 Å². The van der Waals surface area contributed by atoms with Gasteiger partial charge in [-0.25, -0.2) is 9.59 Å². The molecule has 1 saturated carbocycles. The van der Waals surface area contributed by atoms with Crippen molar-refractivity contribution in [2.24, 2.45) is 11.8 Å². The fourth-order valence-electron chi connectivity index (χ4n) is 2.33. The van der Waals surface area contributed by atoms with Crippen molar-refractivity contribution in [3.8, 4) is 0 Å². The Balaban J connectivity index is 1.75. The molecule has 0 heterocycles. The standard InChI is InChI=1S/C16H22N2O3/c1-11-9-13(11)10-17-16(21)18-14(15(19)20)8-7-12-5-3-2-4-6-12/h2-6,11,13-14H,7-10H2,1H3,(H,19,20)(H2,17,18,21)/t11?,13?,14-/m0/s1. The topological polar surface area (TPSA) is 78.4 Å². The van der Waals surface area contributed by atoms with Gasteiger partial charge < -0.3 is 15.7 Å². The van der Waals surface area contributed by atoms with Crippen molar-refractivity contribution >= 4 is 12.0 Å². The number of aryl methyl sites for hydroxylation is 1. The first-order chi connectivity index (χ1) is 10.1. The first-order valence-electron chi connectivity index (χ1n) is 7.37. The molecule has 3 N–H and O–H groups in total. The van der Waals surface area contributed by atoms with Gasteiger partial charge in [-0.2, -0.15) is 0 Å². The highest BCUT2D eigenvalue weighted by Crippen LogP contribution is 2.36. The minimum absolute atomic E-state index is 0.382. The van der Waals surface area contributed by atoms with Crippen LogP contribution in [0.3, 0.4) is 0 Å². The van der Waals surface area contributed by atoms with Gasteiger partial charge in [0, 0.05) is 6.54 Å². The Hall–Kier alpha value is -2.04. The summed E-state index contributed by atoms with van der Waals surface area (Å²) in [6.07, 6.45) is 2.14. The van der Waals surface area contributed by atoms with Gasteiger partial charge in [-0.1, -0.05) is 37.3 Å². The lowest BCUT2D eigenvalue weighted by atomic mass is 10.1. The van der Waals surface area contributed by atoms with E-state index in [1.165, 1.54) is 0 Å². The normalized spacial score (nSPS) is 21.4. The molecular formula is C16H22N2O3. The molecule has 1 aliphatic rings. The van der Waals surface area contributed by atoms with E-state index >= 15 is 0 Å². The third-order valence-electron chi connectivity index (χ3n) is 3.97. The third-order valence-corrected chi connectivity index (χ3v) is 3.97. The summed E-state index contributed by atoms with van der Waals surface area (Å²) in [4.78, 5) is 22.9. The molecule has 5 heteroatoms. The first-order valence-corrected chi connectivity index (χ1v) is 7.37. The largest absolute Gasteiger partial charge is 0.480 e. The average Bonchev–Trinajstić information content (AvgIpc) is 3.18. The number of benzene rings is 1. The van der Waals surface area contributed by atoms with E-state index in [2.05, 4.69) is 17.6 Å². The molecular weight excluding hydrogens is 268 g/mol. The van der Waals surface area contributed by atoms with Crippen LogP contribution < -0.4 is 10.6 Å². The summed E-state index contributed by atoms with van der Waals surface area (Å²) in [6, 6.07) is 8.41. The van der Waals surface area contributed by atoms with Crippen LogP contribution >= 0.6 is 0 Å². The number of rotatable bonds is 7. The van der Waals surface area contributed by atoms with E-state index in [9.17, 15) is 14.7 Å². The van der Waals surface area contributed by atoms with Crippen molar-refractivity contribution in [3.63, 3.8) is 0 Å². The second-order valence-electron chi connectivity index (χ2n) is 5.74. The SMILES string of the molecule is CC1CC1CNC(=O)N[C@@H](CCc1ccccc1)C(=O)O. The Bertz CT molecular complexity index is 490. The number of carboxylic acid groups (broad SMARTS) is 1. The molecule has 1 aromatic rings. The molecule has 1 aromatic carbocycles. The number of nitrogens with one attached hydrogen (secondary N) is 2. The summed E-state index contributed by atoms with van der Waals surface area (Å²) in [6.45, 7) is 2.77. The Morgan fingerprint density at radius 2 is 2.00 bits per heavy atom. The second kappa shape index (κ2) is 7.11. The quantitative estimate of drug-likeness (QED) is 0.719. The van der Waals surface area contributed by atoms with Gasteiger partial charge in [0.05, 0.1) is 0 Å². The summed E-state index contributed by atoms with van der Waals surface area (Å²) in [7, 11) is 0. The minimum Gasteiger partial charge on any atom is -0.480 e. The Morgan fingerprint density at radius 3 is 2.57 bits per heavy atom. The van der Waals surface area contributed by atoms with Gasteiger partial charge in [0.2, 0.25) is 0 Å². The van der Waals surface area contributed by atoms with Gasteiger partial charge in [0.1, 0.15) is 6.04 Å². The number of urea groups is 1. The van der Waals surface area contributed by atoms with E-state index < -0.39 is 18.0 Å². The summed E-state index contributed by atoms with van der Waals surface area (Å²) < 4.78 is 0. The molecule has 0 aliphatic heterocycles. The lowest BCUT2D eigenvalue weighted by Crippen LogP contribution is -2.46. The van der Waals surface area contributed by atoms with Crippen LogP contribution in [0.4, 0.5) is 4.79 Å². The fraction of sp³-hybridized carbons (Fsp3) is 0.500. The molecule has 114 valence electrons. The lowest BCUT2D eigenvalue weighted by Gasteiger charge is -2.15. The highest BCUT2D eigenvalue weighted by Gasteiger charge is 2.32. The molecule has 0 spiro atoms. The maximum atomic E-state index is 11.7.